The van der Waals surface area contributed by atoms with Crippen LogP contribution in [0.2, 0.25) is 5.22 Å². The highest BCUT2D eigenvalue weighted by Crippen LogP contribution is 2.37. The second kappa shape index (κ2) is 10.6. The molecule has 5 heteroatoms. The van der Waals surface area contributed by atoms with E-state index in [1.54, 1.807) is 12.1 Å². The summed E-state index contributed by atoms with van der Waals surface area (Å²) >= 11 is 6.09. The van der Waals surface area contributed by atoms with Crippen LogP contribution < -0.4 is 4.74 Å². The van der Waals surface area contributed by atoms with Crippen LogP contribution in [0, 0.1) is 0 Å². The fraction of sp³-hybridized carbons (Fsp3) is 0.267. The van der Waals surface area contributed by atoms with E-state index in [4.69, 9.17) is 20.8 Å². The van der Waals surface area contributed by atoms with Gasteiger partial charge in [0.25, 0.3) is 0 Å². The number of hydrogen-bond acceptors (Lipinski definition) is 4. The van der Waals surface area contributed by atoms with Crippen molar-refractivity contribution in [2.75, 3.05) is 26.2 Å². The summed E-state index contributed by atoms with van der Waals surface area (Å²) in [5, 5.41) is 11.2. The lowest BCUT2D eigenvalue weighted by atomic mass is 9.88. The zero-order valence-corrected chi connectivity index (χ0v) is 20.7. The highest BCUT2D eigenvalue weighted by molar-refractivity contribution is 6.29. The largest absolute Gasteiger partial charge is 0.508 e. The summed E-state index contributed by atoms with van der Waals surface area (Å²) in [6, 6.07) is 23.8. The number of ether oxygens (including phenoxy) is 1. The number of rotatable bonds is 8. The summed E-state index contributed by atoms with van der Waals surface area (Å²) in [5.41, 5.74) is 6.38. The molecule has 5 rings (SSSR count). The Balaban J connectivity index is 1.49. The number of phenolic OH excluding ortho intramolecular Hbond substituents is 1. The first kappa shape index (κ1) is 23.5. The molecule has 3 aromatic carbocycles. The normalized spacial score (nSPS) is 14.9. The van der Waals surface area contributed by atoms with Crippen molar-refractivity contribution in [3.8, 4) is 11.5 Å². The minimum Gasteiger partial charge on any atom is -0.508 e. The van der Waals surface area contributed by atoms with Crippen LogP contribution in [0.1, 0.15) is 42.9 Å². The Morgan fingerprint density at radius 1 is 0.914 bits per heavy atom. The van der Waals surface area contributed by atoms with E-state index in [-0.39, 0.29) is 5.75 Å². The van der Waals surface area contributed by atoms with Crippen molar-refractivity contribution in [3.05, 3.63) is 94.7 Å². The summed E-state index contributed by atoms with van der Waals surface area (Å²) in [6.45, 7) is 6.20. The average molecular weight is 488 g/mol. The van der Waals surface area contributed by atoms with Gasteiger partial charge in [-0.15, -0.1) is 0 Å². The van der Waals surface area contributed by atoms with Gasteiger partial charge in [-0.1, -0.05) is 37.3 Å². The van der Waals surface area contributed by atoms with Gasteiger partial charge in [0.15, 0.2) is 5.22 Å². The molecule has 1 fully saturated rings. The van der Waals surface area contributed by atoms with E-state index >= 15 is 0 Å². The number of halogens is 1. The Kier molecular flexibility index (Phi) is 7.12. The molecule has 1 aromatic heterocycles. The van der Waals surface area contributed by atoms with Gasteiger partial charge < -0.3 is 14.3 Å². The second-order valence-electron chi connectivity index (χ2n) is 8.98. The summed E-state index contributed by atoms with van der Waals surface area (Å²) in [7, 11) is 0. The van der Waals surface area contributed by atoms with Gasteiger partial charge in [-0.2, -0.15) is 0 Å². The quantitative estimate of drug-likeness (QED) is 0.259. The van der Waals surface area contributed by atoms with Gasteiger partial charge in [0.2, 0.25) is 0 Å². The summed E-state index contributed by atoms with van der Waals surface area (Å²) in [6.07, 6.45) is 3.42. The average Bonchev–Trinajstić information content (AvgIpc) is 3.52. The van der Waals surface area contributed by atoms with Crippen molar-refractivity contribution in [2.24, 2.45) is 0 Å². The molecule has 0 radical (unpaired) electrons. The molecule has 1 aliphatic rings. The Bertz CT molecular complexity index is 1320. The SMILES string of the molecule is CC/C(=C(/c1ccc(O)cc1)c1ccc(OCCN2CCCC2)cc1)c1ccc2oc(Cl)cc2c1. The molecule has 4 aromatic rings. The van der Waals surface area contributed by atoms with E-state index < -0.39 is 0 Å². The molecule has 0 atom stereocenters. The molecule has 0 amide bonds. The molecule has 1 N–H and O–H groups in total. The lowest BCUT2D eigenvalue weighted by Crippen LogP contribution is -2.25. The standard InChI is InChI=1S/C30H30ClNO3/c1-2-27(23-9-14-28-24(19-23)20-29(31)35-28)30(21-5-10-25(33)11-6-21)22-7-12-26(13-8-22)34-18-17-32-15-3-4-16-32/h5-14,19-20,33H,2-4,15-18H2,1H3/b30-27+. The number of likely N-dealkylation sites (tertiary alicyclic amines) is 1. The van der Waals surface area contributed by atoms with Crippen molar-refractivity contribution >= 4 is 33.7 Å². The van der Waals surface area contributed by atoms with Gasteiger partial charge in [0.1, 0.15) is 23.7 Å². The molecule has 2 heterocycles. The number of hydrogen-bond donors (Lipinski definition) is 1. The number of nitrogens with zero attached hydrogens (tertiary/aromatic N) is 1. The van der Waals surface area contributed by atoms with Crippen molar-refractivity contribution in [1.29, 1.82) is 0 Å². The number of fused-ring (bicyclic) bond motifs is 1. The van der Waals surface area contributed by atoms with Crippen LogP contribution in [0.4, 0.5) is 0 Å². The minimum atomic E-state index is 0.252. The third-order valence-corrected chi connectivity index (χ3v) is 6.85. The smallest absolute Gasteiger partial charge is 0.194 e. The zero-order valence-electron chi connectivity index (χ0n) is 20.0. The number of benzene rings is 3. The number of allylic oxidation sites excluding steroid dienone is 1. The molecular formula is C30H30ClNO3. The molecule has 0 aliphatic carbocycles. The van der Waals surface area contributed by atoms with Crippen molar-refractivity contribution in [1.82, 2.24) is 4.90 Å². The highest BCUT2D eigenvalue weighted by atomic mass is 35.5. The Hall–Kier alpha value is -3.21. The maximum absolute atomic E-state index is 9.88. The first-order valence-electron chi connectivity index (χ1n) is 12.3. The molecule has 1 aliphatic heterocycles. The molecule has 35 heavy (non-hydrogen) atoms. The van der Waals surface area contributed by atoms with Gasteiger partial charge in [-0.25, -0.2) is 0 Å². The molecule has 0 bridgehead atoms. The predicted octanol–water partition coefficient (Wildman–Crippen LogP) is 7.64. The van der Waals surface area contributed by atoms with E-state index in [0.717, 1.165) is 51.9 Å². The summed E-state index contributed by atoms with van der Waals surface area (Å²) in [4.78, 5) is 2.46. The summed E-state index contributed by atoms with van der Waals surface area (Å²) < 4.78 is 11.6. The van der Waals surface area contributed by atoms with E-state index in [0.29, 0.717) is 11.8 Å². The third-order valence-electron chi connectivity index (χ3n) is 6.66. The van der Waals surface area contributed by atoms with Crippen LogP contribution in [0.15, 0.2) is 77.2 Å². The number of aromatic hydroxyl groups is 1. The Morgan fingerprint density at radius 3 is 2.26 bits per heavy atom. The van der Waals surface area contributed by atoms with E-state index in [1.165, 1.54) is 31.5 Å². The highest BCUT2D eigenvalue weighted by Gasteiger charge is 2.15. The molecule has 0 spiro atoms. The van der Waals surface area contributed by atoms with Gasteiger partial charge >= 0.3 is 0 Å². The minimum absolute atomic E-state index is 0.252. The zero-order chi connectivity index (χ0) is 24.2. The van der Waals surface area contributed by atoms with E-state index in [1.807, 2.05) is 36.4 Å². The maximum atomic E-state index is 9.88. The van der Waals surface area contributed by atoms with Crippen LogP contribution in [0.3, 0.4) is 0 Å². The topological polar surface area (TPSA) is 45.8 Å². The van der Waals surface area contributed by atoms with Crippen LogP contribution in [-0.2, 0) is 0 Å². The fourth-order valence-corrected chi connectivity index (χ4v) is 5.08. The monoisotopic (exact) mass is 487 g/mol. The maximum Gasteiger partial charge on any atom is 0.194 e. The second-order valence-corrected chi connectivity index (χ2v) is 9.35. The van der Waals surface area contributed by atoms with Crippen molar-refractivity contribution in [2.45, 2.75) is 26.2 Å². The van der Waals surface area contributed by atoms with Crippen LogP contribution in [-0.4, -0.2) is 36.2 Å². The van der Waals surface area contributed by atoms with Crippen LogP contribution in [0.5, 0.6) is 11.5 Å². The van der Waals surface area contributed by atoms with E-state index in [2.05, 4.69) is 36.1 Å². The fourth-order valence-electron chi connectivity index (χ4n) is 4.88. The van der Waals surface area contributed by atoms with Crippen molar-refractivity contribution in [3.63, 3.8) is 0 Å². The molecule has 1 saturated heterocycles. The van der Waals surface area contributed by atoms with Gasteiger partial charge in [0, 0.05) is 18.0 Å². The van der Waals surface area contributed by atoms with Crippen molar-refractivity contribution < 1.29 is 14.3 Å². The first-order valence-corrected chi connectivity index (χ1v) is 12.7. The molecule has 0 unspecified atom stereocenters. The Morgan fingerprint density at radius 2 is 1.57 bits per heavy atom. The number of phenols is 1. The predicted molar refractivity (Wildman–Crippen MR) is 143 cm³/mol. The molecular weight excluding hydrogens is 458 g/mol. The molecule has 4 nitrogen and oxygen atoms in total. The third kappa shape index (κ3) is 5.39. The van der Waals surface area contributed by atoms with Gasteiger partial charge in [-0.3, -0.25) is 4.90 Å². The van der Waals surface area contributed by atoms with Crippen LogP contribution in [0.25, 0.3) is 22.1 Å². The summed E-state index contributed by atoms with van der Waals surface area (Å²) in [5.74, 6) is 1.13. The first-order chi connectivity index (χ1) is 17.1. The van der Waals surface area contributed by atoms with Gasteiger partial charge in [0.05, 0.1) is 0 Å². The Labute approximate surface area is 211 Å². The van der Waals surface area contributed by atoms with E-state index in [9.17, 15) is 5.11 Å². The molecule has 180 valence electrons. The lowest BCUT2D eigenvalue weighted by molar-refractivity contribution is 0.238. The number of furan rings is 1. The molecule has 0 saturated carbocycles. The lowest BCUT2D eigenvalue weighted by Gasteiger charge is -2.18. The van der Waals surface area contributed by atoms with Crippen LogP contribution >= 0.6 is 11.6 Å². The van der Waals surface area contributed by atoms with Gasteiger partial charge in [-0.05, 0) is 108 Å².